The Kier molecular flexibility index (Phi) is 6.03. The van der Waals surface area contributed by atoms with E-state index in [4.69, 9.17) is 0 Å². The van der Waals surface area contributed by atoms with E-state index in [-0.39, 0.29) is 16.6 Å². The van der Waals surface area contributed by atoms with Crippen LogP contribution >= 0.6 is 0 Å². The fourth-order valence-corrected chi connectivity index (χ4v) is 4.33. The number of ketones is 1. The van der Waals surface area contributed by atoms with Gasteiger partial charge >= 0.3 is 0 Å². The third-order valence-electron chi connectivity index (χ3n) is 4.73. The predicted molar refractivity (Wildman–Crippen MR) is 118 cm³/mol. The maximum Gasteiger partial charge on any atom is 0.264 e. The van der Waals surface area contributed by atoms with Gasteiger partial charge in [-0.2, -0.15) is 0 Å². The molecule has 1 amide bonds. The summed E-state index contributed by atoms with van der Waals surface area (Å²) in [5.74, 6) is -0.437. The van der Waals surface area contributed by atoms with Gasteiger partial charge in [-0.05, 0) is 61.9 Å². The van der Waals surface area contributed by atoms with E-state index in [2.05, 4.69) is 5.32 Å². The maximum atomic E-state index is 12.9. The number of hydrogen-bond donors (Lipinski definition) is 1. The van der Waals surface area contributed by atoms with Crippen molar-refractivity contribution in [3.63, 3.8) is 0 Å². The number of nitrogens with zero attached hydrogens (tertiary/aromatic N) is 1. The lowest BCUT2D eigenvalue weighted by atomic mass is 10.1. The molecule has 154 valence electrons. The Hall–Kier alpha value is -3.45. The number of aryl methyl sites for hydroxylation is 1. The van der Waals surface area contributed by atoms with Gasteiger partial charge in [0.15, 0.2) is 5.78 Å². The second-order valence-electron chi connectivity index (χ2n) is 6.88. The first-order valence-corrected chi connectivity index (χ1v) is 10.7. The molecule has 6 nitrogen and oxygen atoms in total. The molecule has 0 radical (unpaired) electrons. The summed E-state index contributed by atoms with van der Waals surface area (Å²) in [6.45, 7) is 3.21. The number of sulfonamides is 1. The minimum atomic E-state index is -3.71. The average Bonchev–Trinajstić information content (AvgIpc) is 2.74. The topological polar surface area (TPSA) is 83.6 Å². The first kappa shape index (κ1) is 21.3. The Morgan fingerprint density at radius 2 is 1.57 bits per heavy atom. The molecule has 0 aliphatic heterocycles. The third kappa shape index (κ3) is 4.41. The number of carbonyl (C=O) groups excluding carboxylic acids is 2. The van der Waals surface area contributed by atoms with Gasteiger partial charge < -0.3 is 5.32 Å². The van der Waals surface area contributed by atoms with Crippen molar-refractivity contribution in [2.45, 2.75) is 18.7 Å². The molecular formula is C23H22N2O4S. The second kappa shape index (κ2) is 8.51. The van der Waals surface area contributed by atoms with Crippen molar-refractivity contribution in [3.05, 3.63) is 89.5 Å². The van der Waals surface area contributed by atoms with Crippen LogP contribution in [-0.4, -0.2) is 27.2 Å². The number of anilines is 2. The minimum Gasteiger partial charge on any atom is -0.322 e. The van der Waals surface area contributed by atoms with Gasteiger partial charge in [0.05, 0.1) is 10.6 Å². The molecular weight excluding hydrogens is 400 g/mol. The van der Waals surface area contributed by atoms with Crippen LogP contribution in [0.1, 0.15) is 33.2 Å². The molecule has 0 fully saturated rings. The van der Waals surface area contributed by atoms with Crippen molar-refractivity contribution >= 4 is 33.1 Å². The molecule has 1 N–H and O–H groups in total. The maximum absolute atomic E-state index is 12.9. The number of benzene rings is 3. The highest BCUT2D eigenvalue weighted by Gasteiger charge is 2.22. The Balaban J connectivity index is 1.84. The SMILES string of the molecule is CC(=O)c1cccc(NC(=O)c2ccc(N(C)S(=O)(=O)c3ccccc3)c(C)c2)c1. The minimum absolute atomic E-state index is 0.0889. The lowest BCUT2D eigenvalue weighted by molar-refractivity contribution is 0.101. The molecule has 3 rings (SSSR count). The molecule has 0 saturated heterocycles. The van der Waals surface area contributed by atoms with Crippen LogP contribution in [0.25, 0.3) is 0 Å². The van der Waals surface area contributed by atoms with Crippen molar-refractivity contribution in [3.8, 4) is 0 Å². The van der Waals surface area contributed by atoms with Crippen molar-refractivity contribution in [1.29, 1.82) is 0 Å². The van der Waals surface area contributed by atoms with Crippen LogP contribution in [0, 0.1) is 6.92 Å². The summed E-state index contributed by atoms with van der Waals surface area (Å²) in [4.78, 5) is 24.3. The van der Waals surface area contributed by atoms with Crippen molar-refractivity contribution in [1.82, 2.24) is 0 Å². The summed E-state index contributed by atoms with van der Waals surface area (Å²) in [5, 5.41) is 2.76. The number of carbonyl (C=O) groups is 2. The summed E-state index contributed by atoms with van der Waals surface area (Å²) < 4.78 is 26.9. The molecule has 3 aromatic carbocycles. The molecule has 0 atom stereocenters. The third-order valence-corrected chi connectivity index (χ3v) is 6.51. The largest absolute Gasteiger partial charge is 0.322 e. The molecule has 0 saturated carbocycles. The molecule has 3 aromatic rings. The van der Waals surface area contributed by atoms with Crippen LogP contribution in [0.5, 0.6) is 0 Å². The van der Waals surface area contributed by atoms with Gasteiger partial charge in [-0.25, -0.2) is 8.42 Å². The number of rotatable bonds is 6. The van der Waals surface area contributed by atoms with Crippen LogP contribution in [0.3, 0.4) is 0 Å². The first-order valence-electron chi connectivity index (χ1n) is 9.27. The normalized spacial score (nSPS) is 11.0. The van der Waals surface area contributed by atoms with Gasteiger partial charge in [-0.1, -0.05) is 30.3 Å². The van der Waals surface area contributed by atoms with Crippen LogP contribution < -0.4 is 9.62 Å². The Morgan fingerprint density at radius 3 is 2.20 bits per heavy atom. The molecule has 30 heavy (non-hydrogen) atoms. The van der Waals surface area contributed by atoms with E-state index in [9.17, 15) is 18.0 Å². The van der Waals surface area contributed by atoms with Crippen molar-refractivity contribution in [2.75, 3.05) is 16.7 Å². The monoisotopic (exact) mass is 422 g/mol. The van der Waals surface area contributed by atoms with Crippen LogP contribution in [0.4, 0.5) is 11.4 Å². The molecule has 0 unspecified atom stereocenters. The standard InChI is InChI=1S/C23H22N2O4S/c1-16-14-19(23(27)24-20-9-7-8-18(15-20)17(2)26)12-13-22(16)25(3)30(28,29)21-10-5-4-6-11-21/h4-15H,1-3H3,(H,24,27). The van der Waals surface area contributed by atoms with Gasteiger partial charge in [0.25, 0.3) is 15.9 Å². The first-order chi connectivity index (χ1) is 14.2. The lowest BCUT2D eigenvalue weighted by Crippen LogP contribution is -2.27. The van der Waals surface area contributed by atoms with Crippen molar-refractivity contribution < 1.29 is 18.0 Å². The van der Waals surface area contributed by atoms with E-state index < -0.39 is 10.0 Å². The van der Waals surface area contributed by atoms with Gasteiger partial charge in [0.1, 0.15) is 0 Å². The van der Waals surface area contributed by atoms with E-state index in [1.807, 2.05) is 0 Å². The summed E-state index contributed by atoms with van der Waals surface area (Å²) in [6.07, 6.45) is 0. The number of Topliss-reactive ketones (excluding diaryl/α,β-unsaturated/α-hetero) is 1. The zero-order valence-corrected chi connectivity index (χ0v) is 17.7. The smallest absolute Gasteiger partial charge is 0.264 e. The highest BCUT2D eigenvalue weighted by atomic mass is 32.2. The lowest BCUT2D eigenvalue weighted by Gasteiger charge is -2.22. The van der Waals surface area contributed by atoms with Crippen LogP contribution in [0.15, 0.2) is 77.7 Å². The van der Waals surface area contributed by atoms with E-state index >= 15 is 0 Å². The zero-order valence-electron chi connectivity index (χ0n) is 16.9. The number of hydrogen-bond acceptors (Lipinski definition) is 4. The molecule has 0 aliphatic carbocycles. The Morgan fingerprint density at radius 1 is 0.867 bits per heavy atom. The molecule has 0 aromatic heterocycles. The zero-order chi connectivity index (χ0) is 21.9. The second-order valence-corrected chi connectivity index (χ2v) is 8.85. The van der Waals surface area contributed by atoms with Gasteiger partial charge in [-0.3, -0.25) is 13.9 Å². The predicted octanol–water partition coefficient (Wildman–Crippen LogP) is 4.28. The molecule has 0 spiro atoms. The summed E-state index contributed by atoms with van der Waals surface area (Å²) in [5.41, 5.74) is 2.52. The Labute approximate surface area is 176 Å². The average molecular weight is 423 g/mol. The van der Waals surface area contributed by atoms with Crippen LogP contribution in [-0.2, 0) is 10.0 Å². The molecule has 7 heteroatoms. The van der Waals surface area contributed by atoms with Crippen LogP contribution in [0.2, 0.25) is 0 Å². The molecule has 0 heterocycles. The van der Waals surface area contributed by atoms with E-state index in [1.165, 1.54) is 30.4 Å². The highest BCUT2D eigenvalue weighted by molar-refractivity contribution is 7.92. The number of nitrogens with one attached hydrogen (secondary N) is 1. The summed E-state index contributed by atoms with van der Waals surface area (Å²) >= 11 is 0. The van der Waals surface area contributed by atoms with Crippen molar-refractivity contribution in [2.24, 2.45) is 0 Å². The van der Waals surface area contributed by atoms with Gasteiger partial charge in [0.2, 0.25) is 0 Å². The summed E-state index contributed by atoms with van der Waals surface area (Å²) in [7, 11) is -2.22. The van der Waals surface area contributed by atoms with Gasteiger partial charge in [-0.15, -0.1) is 0 Å². The fourth-order valence-electron chi connectivity index (χ4n) is 3.05. The van der Waals surface area contributed by atoms with E-state index in [0.717, 1.165) is 0 Å². The van der Waals surface area contributed by atoms with E-state index in [1.54, 1.807) is 67.6 Å². The molecule has 0 bridgehead atoms. The number of amides is 1. The highest BCUT2D eigenvalue weighted by Crippen LogP contribution is 2.26. The van der Waals surface area contributed by atoms with E-state index in [0.29, 0.717) is 28.1 Å². The Bertz CT molecular complexity index is 1200. The van der Waals surface area contributed by atoms with Gasteiger partial charge in [0, 0.05) is 23.9 Å². The quantitative estimate of drug-likeness (QED) is 0.601. The molecule has 0 aliphatic rings. The fraction of sp³-hybridized carbons (Fsp3) is 0.130. The summed E-state index contributed by atoms with van der Waals surface area (Å²) in [6, 6.07) is 19.7.